The molecule has 5 heteroatoms. The van der Waals surface area contributed by atoms with Gasteiger partial charge in [-0.2, -0.15) is 0 Å². The van der Waals surface area contributed by atoms with E-state index < -0.39 is 6.03 Å². The summed E-state index contributed by atoms with van der Waals surface area (Å²) in [5, 5.41) is 14.0. The van der Waals surface area contributed by atoms with E-state index in [0.717, 1.165) is 0 Å². The lowest BCUT2D eigenvalue weighted by Gasteiger charge is -2.14. The molecule has 0 saturated carbocycles. The summed E-state index contributed by atoms with van der Waals surface area (Å²) in [5.41, 5.74) is 0.913. The van der Waals surface area contributed by atoms with Crippen LogP contribution in [0.3, 0.4) is 0 Å². The van der Waals surface area contributed by atoms with Crippen molar-refractivity contribution in [2.45, 2.75) is 26.3 Å². The molecule has 0 saturated heterocycles. The minimum Gasteiger partial charge on any atom is -0.394 e. The number of amides is 2. The van der Waals surface area contributed by atoms with Gasteiger partial charge in [0.05, 0.1) is 12.6 Å². The molecule has 0 aliphatic carbocycles. The van der Waals surface area contributed by atoms with Gasteiger partial charge in [-0.3, -0.25) is 0 Å². The van der Waals surface area contributed by atoms with Gasteiger partial charge in [0, 0.05) is 5.69 Å². The van der Waals surface area contributed by atoms with Crippen LogP contribution < -0.4 is 10.6 Å². The largest absolute Gasteiger partial charge is 0.394 e. The van der Waals surface area contributed by atoms with Gasteiger partial charge in [0.15, 0.2) is 0 Å². The number of hydrogen-bond donors (Lipinski definition) is 3. The number of aliphatic hydroxyl groups is 1. The summed E-state index contributed by atoms with van der Waals surface area (Å²) in [5.74, 6) is -0.364. The number of rotatable bonds is 4. The lowest BCUT2D eigenvalue weighted by molar-refractivity contribution is 0.222. The number of benzene rings is 1. The van der Waals surface area contributed by atoms with Gasteiger partial charge in [0.2, 0.25) is 0 Å². The van der Waals surface area contributed by atoms with E-state index in [0.29, 0.717) is 17.7 Å². The highest BCUT2D eigenvalue weighted by atomic mass is 19.1. The van der Waals surface area contributed by atoms with E-state index in [1.165, 1.54) is 6.07 Å². The molecule has 0 fully saturated rings. The SMILES string of the molecule is CCC(CO)NC(=O)Nc1ccc(C)c(F)c1. The van der Waals surface area contributed by atoms with E-state index >= 15 is 0 Å². The van der Waals surface area contributed by atoms with Crippen LogP contribution in [0.15, 0.2) is 18.2 Å². The second-order valence-electron chi connectivity index (χ2n) is 3.85. The first-order valence-corrected chi connectivity index (χ1v) is 5.51. The van der Waals surface area contributed by atoms with Gasteiger partial charge in [-0.25, -0.2) is 9.18 Å². The minimum absolute atomic E-state index is 0.119. The molecule has 1 aromatic rings. The third-order valence-corrected chi connectivity index (χ3v) is 2.48. The topological polar surface area (TPSA) is 61.4 Å². The van der Waals surface area contributed by atoms with Crippen molar-refractivity contribution in [2.24, 2.45) is 0 Å². The number of aryl methyl sites for hydroxylation is 1. The van der Waals surface area contributed by atoms with Gasteiger partial charge in [0.1, 0.15) is 5.82 Å². The summed E-state index contributed by atoms with van der Waals surface area (Å²) in [4.78, 5) is 11.5. The Bertz CT molecular complexity index is 392. The van der Waals surface area contributed by atoms with E-state index in [1.54, 1.807) is 19.1 Å². The van der Waals surface area contributed by atoms with Gasteiger partial charge in [0.25, 0.3) is 0 Å². The van der Waals surface area contributed by atoms with E-state index in [2.05, 4.69) is 10.6 Å². The number of carbonyl (C=O) groups is 1. The molecule has 0 aliphatic rings. The summed E-state index contributed by atoms with van der Waals surface area (Å²) in [7, 11) is 0. The van der Waals surface area contributed by atoms with Crippen LogP contribution >= 0.6 is 0 Å². The third kappa shape index (κ3) is 4.03. The van der Waals surface area contributed by atoms with Crippen molar-refractivity contribution in [2.75, 3.05) is 11.9 Å². The molecule has 0 heterocycles. The van der Waals surface area contributed by atoms with Crippen LogP contribution in [-0.2, 0) is 0 Å². The summed E-state index contributed by atoms with van der Waals surface area (Å²) < 4.78 is 13.2. The molecule has 4 nitrogen and oxygen atoms in total. The molecule has 1 unspecified atom stereocenters. The van der Waals surface area contributed by atoms with E-state index in [1.807, 2.05) is 6.92 Å². The Hall–Kier alpha value is -1.62. The molecule has 1 rings (SSSR count). The molecule has 2 amide bonds. The van der Waals surface area contributed by atoms with Crippen LogP contribution in [0.4, 0.5) is 14.9 Å². The van der Waals surface area contributed by atoms with Crippen molar-refractivity contribution < 1.29 is 14.3 Å². The molecule has 0 aromatic heterocycles. The Kier molecular flexibility index (Phi) is 4.90. The van der Waals surface area contributed by atoms with Crippen molar-refractivity contribution in [3.8, 4) is 0 Å². The summed E-state index contributed by atoms with van der Waals surface area (Å²) in [6, 6.07) is 3.74. The molecule has 1 aromatic carbocycles. The molecule has 0 aliphatic heterocycles. The van der Waals surface area contributed by atoms with Crippen molar-refractivity contribution in [1.29, 1.82) is 0 Å². The Morgan fingerprint density at radius 1 is 1.53 bits per heavy atom. The molecule has 0 bridgehead atoms. The van der Waals surface area contributed by atoms with Crippen LogP contribution in [0.1, 0.15) is 18.9 Å². The van der Waals surface area contributed by atoms with Crippen LogP contribution in [0.5, 0.6) is 0 Å². The smallest absolute Gasteiger partial charge is 0.319 e. The maximum absolute atomic E-state index is 13.2. The molecule has 94 valence electrons. The van der Waals surface area contributed by atoms with E-state index in [9.17, 15) is 9.18 Å². The predicted molar refractivity (Wildman–Crippen MR) is 64.5 cm³/mol. The lowest BCUT2D eigenvalue weighted by atomic mass is 10.2. The second-order valence-corrected chi connectivity index (χ2v) is 3.85. The van der Waals surface area contributed by atoms with Gasteiger partial charge in [-0.05, 0) is 31.0 Å². The number of anilines is 1. The van der Waals surface area contributed by atoms with Gasteiger partial charge < -0.3 is 15.7 Å². The van der Waals surface area contributed by atoms with Gasteiger partial charge in [-0.1, -0.05) is 13.0 Å². The first-order chi connectivity index (χ1) is 8.06. The Morgan fingerprint density at radius 3 is 2.76 bits per heavy atom. The van der Waals surface area contributed by atoms with E-state index in [4.69, 9.17) is 5.11 Å². The lowest BCUT2D eigenvalue weighted by Crippen LogP contribution is -2.39. The summed E-state index contributed by atoms with van der Waals surface area (Å²) in [6.45, 7) is 3.39. The fourth-order valence-electron chi connectivity index (χ4n) is 1.30. The zero-order valence-corrected chi connectivity index (χ0v) is 9.96. The highest BCUT2D eigenvalue weighted by Gasteiger charge is 2.09. The first-order valence-electron chi connectivity index (χ1n) is 5.51. The fraction of sp³-hybridized carbons (Fsp3) is 0.417. The molecule has 0 spiro atoms. The summed E-state index contributed by atoms with van der Waals surface area (Å²) >= 11 is 0. The van der Waals surface area contributed by atoms with Crippen molar-refractivity contribution in [3.05, 3.63) is 29.6 Å². The molecular formula is C12H17FN2O2. The van der Waals surface area contributed by atoms with Crippen LogP contribution in [-0.4, -0.2) is 23.8 Å². The quantitative estimate of drug-likeness (QED) is 0.754. The molecule has 1 atom stereocenters. The van der Waals surface area contributed by atoms with E-state index in [-0.39, 0.29) is 18.5 Å². The number of carbonyl (C=O) groups excluding carboxylic acids is 1. The Labute approximate surface area is 99.8 Å². The van der Waals surface area contributed by atoms with Crippen molar-refractivity contribution in [3.63, 3.8) is 0 Å². The third-order valence-electron chi connectivity index (χ3n) is 2.48. The maximum atomic E-state index is 13.2. The highest BCUT2D eigenvalue weighted by Crippen LogP contribution is 2.13. The standard InChI is InChI=1S/C12H17FN2O2/c1-3-9(7-16)14-12(17)15-10-5-4-8(2)11(13)6-10/h4-6,9,16H,3,7H2,1-2H3,(H2,14,15,17). The average molecular weight is 240 g/mol. The van der Waals surface area contributed by atoms with Crippen molar-refractivity contribution in [1.82, 2.24) is 5.32 Å². The zero-order valence-electron chi connectivity index (χ0n) is 9.96. The number of halogens is 1. The number of aliphatic hydroxyl groups excluding tert-OH is 1. The molecular weight excluding hydrogens is 223 g/mol. The number of nitrogens with one attached hydrogen (secondary N) is 2. The van der Waals surface area contributed by atoms with Crippen LogP contribution in [0.2, 0.25) is 0 Å². The Balaban J connectivity index is 2.58. The number of urea groups is 1. The monoisotopic (exact) mass is 240 g/mol. The van der Waals surface area contributed by atoms with Gasteiger partial charge >= 0.3 is 6.03 Å². The highest BCUT2D eigenvalue weighted by molar-refractivity contribution is 5.89. The molecule has 0 radical (unpaired) electrons. The normalized spacial score (nSPS) is 12.0. The molecule has 17 heavy (non-hydrogen) atoms. The fourth-order valence-corrected chi connectivity index (χ4v) is 1.30. The summed E-state index contributed by atoms with van der Waals surface area (Å²) in [6.07, 6.45) is 0.631. The first kappa shape index (κ1) is 13.4. The zero-order chi connectivity index (χ0) is 12.8. The maximum Gasteiger partial charge on any atom is 0.319 e. The minimum atomic E-state index is -0.450. The van der Waals surface area contributed by atoms with Crippen molar-refractivity contribution >= 4 is 11.7 Å². The van der Waals surface area contributed by atoms with Crippen LogP contribution in [0.25, 0.3) is 0 Å². The van der Waals surface area contributed by atoms with Crippen LogP contribution in [0, 0.1) is 12.7 Å². The molecule has 3 N–H and O–H groups in total. The number of hydrogen-bond acceptors (Lipinski definition) is 2. The average Bonchev–Trinajstić information content (AvgIpc) is 2.31. The second kappa shape index (κ2) is 6.20. The predicted octanol–water partition coefficient (Wildman–Crippen LogP) is 2.03. The van der Waals surface area contributed by atoms with Gasteiger partial charge in [-0.15, -0.1) is 0 Å². The Morgan fingerprint density at radius 2 is 2.24 bits per heavy atom.